The van der Waals surface area contributed by atoms with Gasteiger partial charge < -0.3 is 10.1 Å². The maximum absolute atomic E-state index is 13.7. The lowest BCUT2D eigenvalue weighted by Crippen LogP contribution is -2.15. The predicted octanol–water partition coefficient (Wildman–Crippen LogP) is 3.96. The fourth-order valence-electron chi connectivity index (χ4n) is 2.10. The second-order valence-electron chi connectivity index (χ2n) is 5.27. The van der Waals surface area contributed by atoms with Crippen molar-refractivity contribution in [2.75, 3.05) is 17.7 Å². The number of carbonyl (C=O) groups excluding carboxylic acids is 2. The van der Waals surface area contributed by atoms with Gasteiger partial charge in [0, 0.05) is 5.02 Å². The first-order chi connectivity index (χ1) is 12.8. The molecule has 27 heavy (non-hydrogen) atoms. The molecule has 0 bridgehead atoms. The highest BCUT2D eigenvalue weighted by Gasteiger charge is 2.17. The normalized spacial score (nSPS) is 10.2. The smallest absolute Gasteiger partial charge is 0.340 e. The summed E-state index contributed by atoms with van der Waals surface area (Å²) in [6.45, 7) is 3.49. The van der Waals surface area contributed by atoms with Crippen molar-refractivity contribution < 1.29 is 18.7 Å². The van der Waals surface area contributed by atoms with Gasteiger partial charge in [-0.05, 0) is 38.1 Å². The van der Waals surface area contributed by atoms with Crippen LogP contribution in [0.4, 0.5) is 10.1 Å². The van der Waals surface area contributed by atoms with E-state index >= 15 is 0 Å². The van der Waals surface area contributed by atoms with Crippen LogP contribution in [-0.4, -0.2) is 29.2 Å². The van der Waals surface area contributed by atoms with Crippen LogP contribution in [0.15, 0.2) is 29.3 Å². The Morgan fingerprint density at radius 3 is 2.81 bits per heavy atom. The van der Waals surface area contributed by atoms with Gasteiger partial charge in [-0.3, -0.25) is 4.79 Å². The summed E-state index contributed by atoms with van der Waals surface area (Å²) in [7, 11) is 0. The Labute approximate surface area is 164 Å². The number of thioether (sulfide) groups is 1. The average Bonchev–Trinajstić information content (AvgIpc) is 2.63. The molecule has 1 amide bonds. The number of benzene rings is 1. The monoisotopic (exact) mass is 407 g/mol. The molecule has 1 N–H and O–H groups in total. The van der Waals surface area contributed by atoms with Crippen LogP contribution >= 0.6 is 23.4 Å². The highest BCUT2D eigenvalue weighted by atomic mass is 35.5. The Balaban J connectivity index is 2.12. The van der Waals surface area contributed by atoms with E-state index in [1.54, 1.807) is 13.8 Å². The number of nitriles is 1. The number of amides is 1. The van der Waals surface area contributed by atoms with Gasteiger partial charge in [0.05, 0.1) is 34.9 Å². The molecule has 0 aliphatic carbocycles. The molecule has 2 aromatic rings. The lowest BCUT2D eigenvalue weighted by atomic mass is 10.1. The van der Waals surface area contributed by atoms with Crippen LogP contribution in [0.5, 0.6) is 0 Å². The largest absolute Gasteiger partial charge is 0.462 e. The van der Waals surface area contributed by atoms with Gasteiger partial charge in [0.15, 0.2) is 0 Å². The second kappa shape index (κ2) is 9.35. The first-order valence-electron chi connectivity index (χ1n) is 7.82. The molecule has 0 aliphatic rings. The minimum atomic E-state index is -0.608. The molecule has 2 rings (SSSR count). The molecule has 0 fully saturated rings. The zero-order valence-electron chi connectivity index (χ0n) is 14.5. The minimum absolute atomic E-state index is 0.0320. The fourth-order valence-corrected chi connectivity index (χ4v) is 3.08. The molecule has 1 heterocycles. The van der Waals surface area contributed by atoms with Crippen LogP contribution < -0.4 is 5.32 Å². The quantitative estimate of drug-likeness (QED) is 0.575. The first kappa shape index (κ1) is 20.7. The number of aryl methyl sites for hydroxylation is 1. The van der Waals surface area contributed by atoms with Gasteiger partial charge in [-0.1, -0.05) is 23.4 Å². The predicted molar refractivity (Wildman–Crippen MR) is 100 cm³/mol. The number of carbonyl (C=O) groups is 2. The molecule has 140 valence electrons. The number of rotatable bonds is 6. The maximum Gasteiger partial charge on any atom is 0.340 e. The third kappa shape index (κ3) is 5.42. The molecule has 6 nitrogen and oxygen atoms in total. The van der Waals surface area contributed by atoms with Gasteiger partial charge in [-0.15, -0.1) is 0 Å². The van der Waals surface area contributed by atoms with Crippen molar-refractivity contribution in [2.45, 2.75) is 18.9 Å². The number of nitrogens with one attached hydrogen (secondary N) is 1. The summed E-state index contributed by atoms with van der Waals surface area (Å²) in [5.41, 5.74) is 0.699. The van der Waals surface area contributed by atoms with E-state index in [1.165, 1.54) is 18.2 Å². The molecule has 0 radical (unpaired) electrons. The van der Waals surface area contributed by atoms with Gasteiger partial charge in [-0.25, -0.2) is 14.2 Å². The number of anilines is 1. The zero-order chi connectivity index (χ0) is 20.0. The van der Waals surface area contributed by atoms with Gasteiger partial charge in [-0.2, -0.15) is 5.26 Å². The Morgan fingerprint density at radius 1 is 1.41 bits per heavy atom. The van der Waals surface area contributed by atoms with Crippen molar-refractivity contribution in [3.8, 4) is 6.07 Å². The van der Waals surface area contributed by atoms with Crippen molar-refractivity contribution >= 4 is 40.9 Å². The summed E-state index contributed by atoms with van der Waals surface area (Å²) in [4.78, 5) is 28.2. The van der Waals surface area contributed by atoms with E-state index in [1.807, 2.05) is 6.07 Å². The Hall–Kier alpha value is -2.63. The van der Waals surface area contributed by atoms with E-state index < -0.39 is 17.7 Å². The molecule has 0 unspecified atom stereocenters. The van der Waals surface area contributed by atoms with Crippen molar-refractivity contribution in [2.24, 2.45) is 0 Å². The molecule has 1 aromatic heterocycles. The van der Waals surface area contributed by atoms with E-state index in [-0.39, 0.29) is 34.2 Å². The standard InChI is InChI=1S/C18H15ClFN3O3S/c1-3-26-18(25)13-6-11(8-21)17(22-10(13)2)27-9-16(24)23-15-7-12(19)4-5-14(15)20/h4-7H,3,9H2,1-2H3,(H,23,24). The number of ether oxygens (including phenoxy) is 1. The Morgan fingerprint density at radius 2 is 2.15 bits per heavy atom. The zero-order valence-corrected chi connectivity index (χ0v) is 16.1. The molecule has 0 spiro atoms. The summed E-state index contributed by atoms with van der Waals surface area (Å²) in [5.74, 6) is -1.77. The number of esters is 1. The van der Waals surface area contributed by atoms with E-state index in [2.05, 4.69) is 10.3 Å². The van der Waals surface area contributed by atoms with Crippen LogP contribution in [0.2, 0.25) is 5.02 Å². The fraction of sp³-hybridized carbons (Fsp3) is 0.222. The van der Waals surface area contributed by atoms with Crippen molar-refractivity contribution in [1.82, 2.24) is 4.98 Å². The molecule has 0 saturated carbocycles. The summed E-state index contributed by atoms with van der Waals surface area (Å²) in [6, 6.07) is 7.16. The number of nitrogens with zero attached hydrogens (tertiary/aromatic N) is 2. The van der Waals surface area contributed by atoms with Crippen LogP contribution in [0.25, 0.3) is 0 Å². The molecule has 0 atom stereocenters. The highest BCUT2D eigenvalue weighted by Crippen LogP contribution is 2.24. The van der Waals surface area contributed by atoms with Gasteiger partial charge in [0.2, 0.25) is 5.91 Å². The number of hydrogen-bond acceptors (Lipinski definition) is 6. The topological polar surface area (TPSA) is 92.1 Å². The van der Waals surface area contributed by atoms with Crippen LogP contribution in [0, 0.1) is 24.1 Å². The van der Waals surface area contributed by atoms with Crippen LogP contribution in [0.1, 0.15) is 28.5 Å². The van der Waals surface area contributed by atoms with Gasteiger partial charge in [0.25, 0.3) is 0 Å². The Bertz CT molecular complexity index is 931. The number of hydrogen-bond donors (Lipinski definition) is 1. The van der Waals surface area contributed by atoms with E-state index in [0.717, 1.165) is 17.8 Å². The highest BCUT2D eigenvalue weighted by molar-refractivity contribution is 8.00. The summed E-state index contributed by atoms with van der Waals surface area (Å²) in [5, 5.41) is 12.3. The van der Waals surface area contributed by atoms with Gasteiger partial charge in [0.1, 0.15) is 16.9 Å². The van der Waals surface area contributed by atoms with E-state index in [0.29, 0.717) is 10.7 Å². The third-order valence-corrected chi connectivity index (χ3v) is 4.56. The van der Waals surface area contributed by atoms with E-state index in [9.17, 15) is 19.2 Å². The summed E-state index contributed by atoms with van der Waals surface area (Å²) >= 11 is 6.79. The van der Waals surface area contributed by atoms with Crippen LogP contribution in [0.3, 0.4) is 0 Å². The molecular formula is C18H15ClFN3O3S. The van der Waals surface area contributed by atoms with Gasteiger partial charge >= 0.3 is 5.97 Å². The Kier molecular flexibility index (Phi) is 7.16. The van der Waals surface area contributed by atoms with Crippen molar-refractivity contribution in [1.29, 1.82) is 5.26 Å². The minimum Gasteiger partial charge on any atom is -0.462 e. The summed E-state index contributed by atoms with van der Waals surface area (Å²) in [6.07, 6.45) is 0. The second-order valence-corrected chi connectivity index (χ2v) is 6.67. The average molecular weight is 408 g/mol. The molecule has 9 heteroatoms. The van der Waals surface area contributed by atoms with Crippen molar-refractivity contribution in [3.05, 3.63) is 51.9 Å². The molecule has 0 saturated heterocycles. The maximum atomic E-state index is 13.7. The number of pyridine rings is 1. The third-order valence-electron chi connectivity index (χ3n) is 3.34. The van der Waals surface area contributed by atoms with E-state index in [4.69, 9.17) is 16.3 Å². The molecular weight excluding hydrogens is 393 g/mol. The molecule has 1 aromatic carbocycles. The lowest BCUT2D eigenvalue weighted by Gasteiger charge is -2.10. The SMILES string of the molecule is CCOC(=O)c1cc(C#N)c(SCC(=O)Nc2cc(Cl)ccc2F)nc1C. The van der Waals surface area contributed by atoms with Crippen molar-refractivity contribution in [3.63, 3.8) is 0 Å². The summed E-state index contributed by atoms with van der Waals surface area (Å²) < 4.78 is 18.6. The molecule has 0 aliphatic heterocycles. The number of halogens is 2. The first-order valence-corrected chi connectivity index (χ1v) is 9.18. The lowest BCUT2D eigenvalue weighted by molar-refractivity contribution is -0.113. The number of aromatic nitrogens is 1. The van der Waals surface area contributed by atoms with Crippen LogP contribution in [-0.2, 0) is 9.53 Å².